The number of fused-ring (bicyclic) bond motifs is 1. The van der Waals surface area contributed by atoms with Crippen LogP contribution >= 0.6 is 0 Å². The van der Waals surface area contributed by atoms with Crippen LogP contribution in [0.4, 0.5) is 5.69 Å². The van der Waals surface area contributed by atoms with E-state index in [1.807, 2.05) is 25.1 Å². The van der Waals surface area contributed by atoms with Crippen LogP contribution in [-0.2, 0) is 11.3 Å². The second kappa shape index (κ2) is 10.7. The Morgan fingerprint density at radius 1 is 1.03 bits per heavy atom. The molecule has 0 radical (unpaired) electrons. The Bertz CT molecular complexity index is 1420. The van der Waals surface area contributed by atoms with Crippen molar-refractivity contribution in [1.82, 2.24) is 30.1 Å². The van der Waals surface area contributed by atoms with E-state index in [1.54, 1.807) is 18.9 Å². The predicted molar refractivity (Wildman–Crippen MR) is 142 cm³/mol. The maximum Gasteiger partial charge on any atom is 0.253 e. The van der Waals surface area contributed by atoms with Gasteiger partial charge in [0.25, 0.3) is 5.56 Å². The van der Waals surface area contributed by atoms with Crippen molar-refractivity contribution in [1.29, 1.82) is 0 Å². The van der Waals surface area contributed by atoms with Crippen molar-refractivity contribution in [3.05, 3.63) is 75.3 Å². The van der Waals surface area contributed by atoms with Crippen LogP contribution in [0.2, 0.25) is 0 Å². The average Bonchev–Trinajstić information content (AvgIpc) is 3.37. The second-order valence-corrected chi connectivity index (χ2v) is 9.48. The minimum atomic E-state index is -0.390. The fraction of sp³-hybridized carbons (Fsp3) is 0.407. The van der Waals surface area contributed by atoms with Crippen LogP contribution in [0.3, 0.4) is 0 Å². The van der Waals surface area contributed by atoms with E-state index in [9.17, 15) is 4.79 Å². The number of ether oxygens (including phenoxy) is 2. The van der Waals surface area contributed by atoms with E-state index in [2.05, 4.69) is 61.5 Å². The van der Waals surface area contributed by atoms with Crippen LogP contribution in [0.5, 0.6) is 5.75 Å². The number of H-pyrrole nitrogens is 1. The van der Waals surface area contributed by atoms with Gasteiger partial charge >= 0.3 is 0 Å². The van der Waals surface area contributed by atoms with Gasteiger partial charge in [0, 0.05) is 44.5 Å². The molecule has 37 heavy (non-hydrogen) atoms. The first-order valence-electron chi connectivity index (χ1n) is 12.5. The van der Waals surface area contributed by atoms with Crippen LogP contribution in [0.1, 0.15) is 28.6 Å². The number of methoxy groups -OCH3 is 2. The maximum absolute atomic E-state index is 13.5. The molecule has 0 aliphatic carbocycles. The predicted octanol–water partition coefficient (Wildman–Crippen LogP) is 2.70. The molecule has 0 amide bonds. The number of nitrogens with one attached hydrogen (secondary N) is 1. The number of hydrogen-bond donors (Lipinski definition) is 1. The zero-order valence-electron chi connectivity index (χ0n) is 21.8. The van der Waals surface area contributed by atoms with Crippen molar-refractivity contribution in [2.24, 2.45) is 0 Å². The quantitative estimate of drug-likeness (QED) is 0.392. The number of anilines is 1. The summed E-state index contributed by atoms with van der Waals surface area (Å²) in [4.78, 5) is 21.3. The topological polar surface area (TPSA) is 101 Å². The van der Waals surface area contributed by atoms with Crippen molar-refractivity contribution >= 4 is 16.6 Å². The Morgan fingerprint density at radius 2 is 1.78 bits per heavy atom. The number of nitrogens with zero attached hydrogens (tertiary/aromatic N) is 6. The monoisotopic (exact) mass is 503 g/mol. The number of piperazine rings is 1. The molecule has 5 rings (SSSR count). The summed E-state index contributed by atoms with van der Waals surface area (Å²) < 4.78 is 12.3. The summed E-state index contributed by atoms with van der Waals surface area (Å²) in [5, 5.41) is 13.6. The standard InChI is InChI=1S/C27H33N7O3/c1-18-15-19(2)24-20(16-18)17-23(27(35)28-24)25(26-29-30-31-34(26)13-14-36-3)33-11-9-32(10-12-33)21-5-7-22(37-4)8-6-21/h5-8,15-17,25H,9-14H2,1-4H3,(H,28,35)/t25-/m1/s1. The number of tetrazole rings is 1. The van der Waals surface area contributed by atoms with Gasteiger partial charge in [-0.15, -0.1) is 5.10 Å². The van der Waals surface area contributed by atoms with E-state index >= 15 is 0 Å². The van der Waals surface area contributed by atoms with E-state index in [0.29, 0.717) is 24.5 Å². The number of aromatic amines is 1. The molecule has 10 nitrogen and oxygen atoms in total. The van der Waals surface area contributed by atoms with Crippen LogP contribution < -0.4 is 15.2 Å². The fourth-order valence-electron chi connectivity index (χ4n) is 5.18. The summed E-state index contributed by atoms with van der Waals surface area (Å²) in [5.41, 5.74) is 4.73. The zero-order valence-corrected chi connectivity index (χ0v) is 21.8. The van der Waals surface area contributed by atoms with E-state index in [-0.39, 0.29) is 11.6 Å². The van der Waals surface area contributed by atoms with E-state index < -0.39 is 0 Å². The normalized spacial score (nSPS) is 15.3. The molecule has 1 saturated heterocycles. The van der Waals surface area contributed by atoms with Gasteiger partial charge in [-0.05, 0) is 71.6 Å². The molecule has 4 aromatic rings. The molecular formula is C27H33N7O3. The van der Waals surface area contributed by atoms with E-state index in [1.165, 1.54) is 0 Å². The van der Waals surface area contributed by atoms with Gasteiger partial charge in [-0.25, -0.2) is 4.68 Å². The van der Waals surface area contributed by atoms with Crippen LogP contribution in [-0.4, -0.2) is 77.1 Å². The Morgan fingerprint density at radius 3 is 2.49 bits per heavy atom. The van der Waals surface area contributed by atoms with E-state index in [4.69, 9.17) is 9.47 Å². The fourth-order valence-corrected chi connectivity index (χ4v) is 5.18. The van der Waals surface area contributed by atoms with Gasteiger partial charge in [0.15, 0.2) is 5.82 Å². The Kier molecular flexibility index (Phi) is 7.20. The smallest absolute Gasteiger partial charge is 0.253 e. The number of benzene rings is 2. The third-order valence-corrected chi connectivity index (χ3v) is 7.05. The van der Waals surface area contributed by atoms with Crippen molar-refractivity contribution in [3.8, 4) is 5.75 Å². The molecular weight excluding hydrogens is 470 g/mol. The van der Waals surface area contributed by atoms with Crippen molar-refractivity contribution in [2.75, 3.05) is 51.9 Å². The van der Waals surface area contributed by atoms with Gasteiger partial charge in [-0.3, -0.25) is 9.69 Å². The first-order chi connectivity index (χ1) is 18.0. The van der Waals surface area contributed by atoms with Crippen LogP contribution in [0.15, 0.2) is 47.3 Å². The lowest BCUT2D eigenvalue weighted by Gasteiger charge is -2.39. The maximum atomic E-state index is 13.5. The van der Waals surface area contributed by atoms with E-state index in [0.717, 1.165) is 59.6 Å². The lowest BCUT2D eigenvalue weighted by Crippen LogP contribution is -2.49. The van der Waals surface area contributed by atoms with Crippen LogP contribution in [0, 0.1) is 13.8 Å². The summed E-state index contributed by atoms with van der Waals surface area (Å²) >= 11 is 0. The zero-order chi connectivity index (χ0) is 25.9. The third-order valence-electron chi connectivity index (χ3n) is 7.05. The number of pyridine rings is 1. The molecule has 1 fully saturated rings. The van der Waals surface area contributed by atoms with Crippen molar-refractivity contribution in [3.63, 3.8) is 0 Å². The summed E-state index contributed by atoms with van der Waals surface area (Å²) in [6, 6.07) is 13.9. The highest BCUT2D eigenvalue weighted by atomic mass is 16.5. The minimum absolute atomic E-state index is 0.122. The van der Waals surface area contributed by atoms with Gasteiger partial charge in [0.2, 0.25) is 0 Å². The number of aryl methyl sites for hydroxylation is 2. The highest BCUT2D eigenvalue weighted by Gasteiger charge is 2.32. The molecule has 0 saturated carbocycles. The number of hydrogen-bond acceptors (Lipinski definition) is 8. The SMILES string of the molecule is COCCn1nnnc1[C@@H](c1cc2cc(C)cc(C)c2[nH]c1=O)N1CCN(c2ccc(OC)cc2)CC1. The Labute approximate surface area is 215 Å². The summed E-state index contributed by atoms with van der Waals surface area (Å²) in [6.45, 7) is 8.19. The summed E-state index contributed by atoms with van der Waals surface area (Å²) in [7, 11) is 3.32. The average molecular weight is 504 g/mol. The lowest BCUT2D eigenvalue weighted by atomic mass is 10.00. The molecule has 0 unspecified atom stereocenters. The first kappa shape index (κ1) is 24.9. The van der Waals surface area contributed by atoms with Gasteiger partial charge in [0.1, 0.15) is 11.8 Å². The van der Waals surface area contributed by atoms with Gasteiger partial charge in [0.05, 0.1) is 25.8 Å². The molecule has 2 aromatic heterocycles. The molecule has 1 aliphatic heterocycles. The van der Waals surface area contributed by atoms with Crippen molar-refractivity contribution in [2.45, 2.75) is 26.4 Å². The van der Waals surface area contributed by atoms with Crippen molar-refractivity contribution < 1.29 is 9.47 Å². The molecule has 2 aromatic carbocycles. The molecule has 1 aliphatic rings. The molecule has 1 atom stereocenters. The molecule has 0 bridgehead atoms. The summed E-state index contributed by atoms with van der Waals surface area (Å²) in [5.74, 6) is 1.48. The third kappa shape index (κ3) is 5.07. The largest absolute Gasteiger partial charge is 0.497 e. The Balaban J connectivity index is 1.51. The van der Waals surface area contributed by atoms with Gasteiger partial charge in [-0.2, -0.15) is 0 Å². The molecule has 10 heteroatoms. The highest BCUT2D eigenvalue weighted by molar-refractivity contribution is 5.83. The first-order valence-corrected chi connectivity index (χ1v) is 12.5. The molecule has 3 heterocycles. The number of aromatic nitrogens is 5. The number of rotatable bonds is 8. The molecule has 194 valence electrons. The van der Waals surface area contributed by atoms with Gasteiger partial charge in [-0.1, -0.05) is 11.6 Å². The molecule has 1 N–H and O–H groups in total. The lowest BCUT2D eigenvalue weighted by molar-refractivity contribution is 0.171. The summed E-state index contributed by atoms with van der Waals surface area (Å²) in [6.07, 6.45) is 0. The second-order valence-electron chi connectivity index (χ2n) is 9.48. The molecule has 0 spiro atoms. The Hall–Kier alpha value is -3.76. The highest BCUT2D eigenvalue weighted by Crippen LogP contribution is 2.30. The van der Waals surface area contributed by atoms with Crippen LogP contribution in [0.25, 0.3) is 10.9 Å². The van der Waals surface area contributed by atoms with Gasteiger partial charge < -0.3 is 19.4 Å². The minimum Gasteiger partial charge on any atom is -0.497 e.